The zero-order valence-electron chi connectivity index (χ0n) is 15.3. The first-order valence-corrected chi connectivity index (χ1v) is 8.60. The second-order valence-corrected chi connectivity index (χ2v) is 5.70. The van der Waals surface area contributed by atoms with Crippen molar-refractivity contribution in [1.82, 2.24) is 25.7 Å². The number of aliphatic imine (C=N–C) groups is 1. The Hall–Kier alpha value is -2.17. The third kappa shape index (κ3) is 9.36. The number of carbonyl (C=O) groups excluding carboxylic acids is 1. The maximum absolute atomic E-state index is 12.8. The van der Waals surface area contributed by atoms with Crippen LogP contribution in [0.5, 0.6) is 0 Å². The van der Waals surface area contributed by atoms with E-state index in [1.165, 1.54) is 12.1 Å². The van der Waals surface area contributed by atoms with Crippen molar-refractivity contribution in [3.63, 3.8) is 0 Å². The molecule has 1 heterocycles. The summed E-state index contributed by atoms with van der Waals surface area (Å²) >= 11 is 0. The minimum atomic E-state index is -0.304. The highest BCUT2D eigenvalue weighted by molar-refractivity contribution is 14.0. The quantitative estimate of drug-likeness (QED) is 0.217. The van der Waals surface area contributed by atoms with E-state index in [9.17, 15) is 9.18 Å². The van der Waals surface area contributed by atoms with Gasteiger partial charge >= 0.3 is 0 Å². The van der Waals surface area contributed by atoms with E-state index < -0.39 is 0 Å². The van der Waals surface area contributed by atoms with Crippen molar-refractivity contribution in [1.29, 1.82) is 0 Å². The standard InChI is InChI=1S/C18H25FN6O.HI/c1-20-18(22-8-2-12-25-13-3-9-24-25)23-11-10-21-17(26)14-15-4-6-16(19)7-5-15;/h3-7,9,13H,2,8,10-12,14H2,1H3,(H,21,26)(H2,20,22,23);1H. The summed E-state index contributed by atoms with van der Waals surface area (Å²) in [4.78, 5) is 16.0. The Balaban J connectivity index is 0.00000364. The number of guanidine groups is 1. The highest BCUT2D eigenvalue weighted by Gasteiger charge is 2.03. The van der Waals surface area contributed by atoms with Gasteiger partial charge in [-0.2, -0.15) is 5.10 Å². The topological polar surface area (TPSA) is 83.3 Å². The summed E-state index contributed by atoms with van der Waals surface area (Å²) in [6.07, 6.45) is 4.86. The van der Waals surface area contributed by atoms with Crippen LogP contribution in [0.1, 0.15) is 12.0 Å². The van der Waals surface area contributed by atoms with Crippen LogP contribution in [0.25, 0.3) is 0 Å². The summed E-state index contributed by atoms with van der Waals surface area (Å²) in [5, 5.41) is 13.3. The van der Waals surface area contributed by atoms with Gasteiger partial charge < -0.3 is 16.0 Å². The average Bonchev–Trinajstić information content (AvgIpc) is 3.16. The number of halogens is 2. The summed E-state index contributed by atoms with van der Waals surface area (Å²) in [6.45, 7) is 2.66. The number of rotatable bonds is 9. The van der Waals surface area contributed by atoms with Crippen LogP contribution in [0.15, 0.2) is 47.7 Å². The number of nitrogens with zero attached hydrogens (tertiary/aromatic N) is 3. The number of aryl methyl sites for hydroxylation is 1. The molecule has 0 aliphatic heterocycles. The first kappa shape index (κ1) is 22.9. The fourth-order valence-electron chi connectivity index (χ4n) is 2.33. The molecule has 0 atom stereocenters. The molecule has 3 N–H and O–H groups in total. The fourth-order valence-corrected chi connectivity index (χ4v) is 2.33. The number of amides is 1. The molecule has 0 radical (unpaired) electrons. The second-order valence-electron chi connectivity index (χ2n) is 5.70. The number of hydrogen-bond acceptors (Lipinski definition) is 3. The number of nitrogens with one attached hydrogen (secondary N) is 3. The van der Waals surface area contributed by atoms with Crippen LogP contribution in [-0.2, 0) is 17.8 Å². The lowest BCUT2D eigenvalue weighted by molar-refractivity contribution is -0.120. The van der Waals surface area contributed by atoms with Gasteiger partial charge in [0.15, 0.2) is 5.96 Å². The van der Waals surface area contributed by atoms with Crippen LogP contribution in [0.3, 0.4) is 0 Å². The van der Waals surface area contributed by atoms with E-state index in [0.29, 0.717) is 19.0 Å². The number of benzene rings is 1. The molecular formula is C18H26FIN6O. The Kier molecular flexibility index (Phi) is 11.1. The molecule has 0 saturated heterocycles. The van der Waals surface area contributed by atoms with Gasteiger partial charge in [-0.25, -0.2) is 4.39 Å². The lowest BCUT2D eigenvalue weighted by Gasteiger charge is -2.12. The Morgan fingerprint density at radius 1 is 1.15 bits per heavy atom. The molecule has 0 fully saturated rings. The third-order valence-electron chi connectivity index (χ3n) is 3.66. The summed E-state index contributed by atoms with van der Waals surface area (Å²) < 4.78 is 14.7. The maximum atomic E-state index is 12.8. The largest absolute Gasteiger partial charge is 0.356 e. The lowest BCUT2D eigenvalue weighted by Crippen LogP contribution is -2.42. The number of hydrogen-bond donors (Lipinski definition) is 3. The monoisotopic (exact) mass is 488 g/mol. The molecule has 0 aliphatic rings. The van der Waals surface area contributed by atoms with E-state index in [2.05, 4.69) is 26.0 Å². The molecule has 0 unspecified atom stereocenters. The molecule has 148 valence electrons. The Labute approximate surface area is 175 Å². The van der Waals surface area contributed by atoms with Crippen molar-refractivity contribution in [3.05, 3.63) is 54.1 Å². The van der Waals surface area contributed by atoms with Crippen molar-refractivity contribution >= 4 is 35.8 Å². The van der Waals surface area contributed by atoms with Crippen molar-refractivity contribution in [3.8, 4) is 0 Å². The van der Waals surface area contributed by atoms with Crippen molar-refractivity contribution in [2.24, 2.45) is 4.99 Å². The molecule has 0 aliphatic carbocycles. The fraction of sp³-hybridized carbons (Fsp3) is 0.389. The van der Waals surface area contributed by atoms with Crippen LogP contribution in [0, 0.1) is 5.82 Å². The summed E-state index contributed by atoms with van der Waals surface area (Å²) in [5.41, 5.74) is 0.784. The van der Waals surface area contributed by atoms with Gasteiger partial charge in [0, 0.05) is 45.6 Å². The van der Waals surface area contributed by atoms with E-state index in [4.69, 9.17) is 0 Å². The highest BCUT2D eigenvalue weighted by atomic mass is 127. The highest BCUT2D eigenvalue weighted by Crippen LogP contribution is 2.03. The van der Waals surface area contributed by atoms with Crippen LogP contribution in [0.2, 0.25) is 0 Å². The Bertz CT molecular complexity index is 690. The van der Waals surface area contributed by atoms with Gasteiger partial charge in [-0.3, -0.25) is 14.5 Å². The van der Waals surface area contributed by atoms with Gasteiger partial charge in [-0.15, -0.1) is 24.0 Å². The maximum Gasteiger partial charge on any atom is 0.224 e. The van der Waals surface area contributed by atoms with Crippen molar-refractivity contribution < 1.29 is 9.18 Å². The van der Waals surface area contributed by atoms with E-state index in [1.807, 2.05) is 16.9 Å². The summed E-state index contributed by atoms with van der Waals surface area (Å²) in [6, 6.07) is 7.83. The SMILES string of the molecule is CN=C(NCCCn1cccn1)NCCNC(=O)Cc1ccc(F)cc1.I. The van der Waals surface area contributed by atoms with Gasteiger partial charge in [0.25, 0.3) is 0 Å². The normalized spacial score (nSPS) is 10.8. The minimum absolute atomic E-state index is 0. The van der Waals surface area contributed by atoms with Gasteiger partial charge in [0.1, 0.15) is 5.82 Å². The molecule has 2 aromatic rings. The number of carbonyl (C=O) groups is 1. The molecular weight excluding hydrogens is 462 g/mol. The zero-order chi connectivity index (χ0) is 18.6. The van der Waals surface area contributed by atoms with Crippen LogP contribution >= 0.6 is 24.0 Å². The molecule has 0 saturated carbocycles. The van der Waals surface area contributed by atoms with E-state index in [-0.39, 0.29) is 42.1 Å². The van der Waals surface area contributed by atoms with Gasteiger partial charge in [-0.05, 0) is 30.2 Å². The molecule has 0 bridgehead atoms. The molecule has 0 spiro atoms. The Morgan fingerprint density at radius 3 is 2.52 bits per heavy atom. The molecule has 1 amide bonds. The van der Waals surface area contributed by atoms with Crippen LogP contribution < -0.4 is 16.0 Å². The van der Waals surface area contributed by atoms with Gasteiger partial charge in [0.05, 0.1) is 6.42 Å². The van der Waals surface area contributed by atoms with Crippen LogP contribution in [-0.4, -0.2) is 48.3 Å². The predicted molar refractivity (Wildman–Crippen MR) is 115 cm³/mol. The van der Waals surface area contributed by atoms with Crippen LogP contribution in [0.4, 0.5) is 4.39 Å². The molecule has 1 aromatic heterocycles. The van der Waals surface area contributed by atoms with Gasteiger partial charge in [0.2, 0.25) is 5.91 Å². The molecule has 9 heteroatoms. The smallest absolute Gasteiger partial charge is 0.224 e. The van der Waals surface area contributed by atoms with E-state index in [0.717, 1.165) is 25.1 Å². The lowest BCUT2D eigenvalue weighted by atomic mass is 10.1. The first-order chi connectivity index (χ1) is 12.7. The molecule has 2 rings (SSSR count). The van der Waals surface area contributed by atoms with Gasteiger partial charge in [-0.1, -0.05) is 12.1 Å². The molecule has 27 heavy (non-hydrogen) atoms. The molecule has 1 aromatic carbocycles. The number of aromatic nitrogens is 2. The van der Waals surface area contributed by atoms with E-state index >= 15 is 0 Å². The second kappa shape index (κ2) is 13.1. The first-order valence-electron chi connectivity index (χ1n) is 8.60. The molecule has 7 nitrogen and oxygen atoms in total. The zero-order valence-corrected chi connectivity index (χ0v) is 17.7. The Morgan fingerprint density at radius 2 is 1.85 bits per heavy atom. The average molecular weight is 488 g/mol. The summed E-state index contributed by atoms with van der Waals surface area (Å²) in [5.74, 6) is 0.292. The van der Waals surface area contributed by atoms with E-state index in [1.54, 1.807) is 25.4 Å². The van der Waals surface area contributed by atoms with Crippen molar-refractivity contribution in [2.45, 2.75) is 19.4 Å². The minimum Gasteiger partial charge on any atom is -0.356 e. The summed E-state index contributed by atoms with van der Waals surface area (Å²) in [7, 11) is 1.70. The predicted octanol–water partition coefficient (Wildman–Crippen LogP) is 1.55. The van der Waals surface area contributed by atoms with Crippen molar-refractivity contribution in [2.75, 3.05) is 26.7 Å². The third-order valence-corrected chi connectivity index (χ3v) is 3.66.